The van der Waals surface area contributed by atoms with E-state index < -0.39 is 90.4 Å². The summed E-state index contributed by atoms with van der Waals surface area (Å²) >= 11 is 1.96. The second kappa shape index (κ2) is 17.9. The van der Waals surface area contributed by atoms with Gasteiger partial charge in [0.2, 0.25) is 29.2 Å². The van der Waals surface area contributed by atoms with Gasteiger partial charge in [0.25, 0.3) is 11.8 Å². The topological polar surface area (TPSA) is 422 Å². The van der Waals surface area contributed by atoms with Gasteiger partial charge in [-0.1, -0.05) is 10.4 Å². The lowest BCUT2D eigenvalue weighted by Crippen LogP contribution is -2.71. The summed E-state index contributed by atoms with van der Waals surface area (Å²) in [6.07, 6.45) is 4.20. The number of carbonyl (C=O) groups is 7. The number of thioether (sulfide) groups is 1. The van der Waals surface area contributed by atoms with Gasteiger partial charge in [-0.25, -0.2) is 27.6 Å². The molecule has 5 amide bonds. The van der Waals surface area contributed by atoms with Gasteiger partial charge < -0.3 is 52.9 Å². The van der Waals surface area contributed by atoms with Crippen molar-refractivity contribution in [3.63, 3.8) is 0 Å². The Morgan fingerprint density at radius 2 is 1.86 bits per heavy atom. The zero-order valence-corrected chi connectivity index (χ0v) is 37.1. The molecule has 29 nitrogen and oxygen atoms in total. The lowest BCUT2D eigenvalue weighted by atomic mass is 9.96. The van der Waals surface area contributed by atoms with Crippen molar-refractivity contribution in [3.05, 3.63) is 35.7 Å². The van der Waals surface area contributed by atoms with Gasteiger partial charge in [-0.3, -0.25) is 29.3 Å². The molecule has 7 heterocycles. The maximum absolute atomic E-state index is 13.3. The van der Waals surface area contributed by atoms with E-state index in [9.17, 15) is 57.3 Å². The number of carboxylic acids is 3. The summed E-state index contributed by atoms with van der Waals surface area (Å²) in [5, 5.41) is 45.5. The van der Waals surface area contributed by atoms with Crippen molar-refractivity contribution >= 4 is 97.1 Å². The molecule has 4 aliphatic heterocycles. The van der Waals surface area contributed by atoms with E-state index in [2.05, 4.69) is 40.8 Å². The molecule has 0 saturated carbocycles. The number of nitrogens with zero attached hydrogens (tertiary/aromatic N) is 10. The number of rotatable bonds is 15. The number of nitrogens with one attached hydrogen (secondary N) is 3. The van der Waals surface area contributed by atoms with E-state index >= 15 is 0 Å². The van der Waals surface area contributed by atoms with Crippen LogP contribution in [0.5, 0.6) is 0 Å². The average Bonchev–Trinajstić information content (AvgIpc) is 4.00. The van der Waals surface area contributed by atoms with Crippen LogP contribution < -0.4 is 37.8 Å². The number of carbonyl (C=O) groups excluding carboxylic acids is 4. The SMILES string of the molecule is C[C@]1(Cn2ccnn2)[C@H](C(=O)O)N2C(=O)C[C@H]2S1(=O)=O.Cn1c(N)c(NC(=O)NCCN)c[n+]1CC1=C(C(=O)O)N2C(=O)[C@@H](NC(=O)/C(=N\OC(C)(C)C(=O)O)c3nsc(N)n3)[C@H]2SC1. The number of nitrogen functional groups attached to an aromatic ring is 2. The average molecular weight is 968 g/mol. The normalized spacial score (nSPS) is 23.2. The van der Waals surface area contributed by atoms with Crippen LogP contribution in [0.1, 0.15) is 33.0 Å². The maximum Gasteiger partial charge on any atom is 0.352 e. The van der Waals surface area contributed by atoms with Crippen LogP contribution in [-0.2, 0) is 63.6 Å². The molecule has 0 radical (unpaired) electrons. The van der Waals surface area contributed by atoms with Gasteiger partial charge in [0.1, 0.15) is 27.2 Å². The quantitative estimate of drug-likeness (QED) is 0.0302. The number of β-lactam (4-membered cyclic amide) rings is 2. The zero-order chi connectivity index (χ0) is 47.9. The number of aromatic nitrogens is 7. The zero-order valence-electron chi connectivity index (χ0n) is 34.6. The number of carboxylic acid groups (broad SMARTS) is 3. The third-order valence-electron chi connectivity index (χ3n) is 10.6. The number of urea groups is 1. The highest BCUT2D eigenvalue weighted by atomic mass is 32.2. The summed E-state index contributed by atoms with van der Waals surface area (Å²) in [7, 11) is -2.18. The Bertz CT molecular complexity index is 2630. The Hall–Kier alpha value is -6.93. The van der Waals surface area contributed by atoms with Crippen molar-refractivity contribution < 1.29 is 66.8 Å². The van der Waals surface area contributed by atoms with Crippen molar-refractivity contribution in [1.82, 2.24) is 49.5 Å². The minimum absolute atomic E-state index is 0.00361. The minimum Gasteiger partial charge on any atom is -0.480 e. The molecule has 0 aliphatic carbocycles. The van der Waals surface area contributed by atoms with Crippen molar-refractivity contribution in [1.29, 1.82) is 0 Å². The van der Waals surface area contributed by atoms with Gasteiger partial charge in [-0.05, 0) is 20.8 Å². The van der Waals surface area contributed by atoms with Gasteiger partial charge in [0.15, 0.2) is 39.1 Å². The molecule has 3 aromatic rings. The fraction of sp³-hybridized carbons (Fsp3) is 0.485. The van der Waals surface area contributed by atoms with Gasteiger partial charge in [0, 0.05) is 42.1 Å². The molecular weight excluding hydrogens is 925 g/mol. The molecule has 12 N–H and O–H groups in total. The highest BCUT2D eigenvalue weighted by Crippen LogP contribution is 2.47. The van der Waals surface area contributed by atoms with Crippen molar-refractivity contribution in [2.75, 3.05) is 35.6 Å². The Balaban J connectivity index is 0.000000289. The lowest BCUT2D eigenvalue weighted by molar-refractivity contribution is -0.765. The first kappa shape index (κ1) is 47.5. The molecule has 3 fully saturated rings. The molecule has 350 valence electrons. The molecule has 0 bridgehead atoms. The highest BCUT2D eigenvalue weighted by molar-refractivity contribution is 8.00. The van der Waals surface area contributed by atoms with Crippen LogP contribution in [0.4, 0.5) is 21.4 Å². The van der Waals surface area contributed by atoms with Gasteiger partial charge >= 0.3 is 23.9 Å². The molecule has 3 saturated heterocycles. The molecule has 0 aromatic carbocycles. The molecule has 4 aliphatic rings. The first-order valence-corrected chi connectivity index (χ1v) is 22.3. The van der Waals surface area contributed by atoms with Crippen molar-refractivity contribution in [2.24, 2.45) is 17.9 Å². The smallest absolute Gasteiger partial charge is 0.352 e. The van der Waals surface area contributed by atoms with Crippen molar-refractivity contribution in [3.8, 4) is 0 Å². The Kier molecular flexibility index (Phi) is 13.1. The predicted molar refractivity (Wildman–Crippen MR) is 223 cm³/mol. The third kappa shape index (κ3) is 8.82. The highest BCUT2D eigenvalue weighted by Gasteiger charge is 2.70. The van der Waals surface area contributed by atoms with Gasteiger partial charge in [-0.2, -0.15) is 9.36 Å². The molecule has 7 rings (SSSR count). The number of nitrogens with two attached hydrogens (primary N) is 3. The minimum atomic E-state index is -3.80. The van der Waals surface area contributed by atoms with E-state index in [0.29, 0.717) is 5.57 Å². The number of aliphatic carboxylic acids is 3. The van der Waals surface area contributed by atoms with Crippen LogP contribution in [0, 0.1) is 0 Å². The number of hydrogen-bond donors (Lipinski definition) is 9. The fourth-order valence-corrected chi connectivity index (χ4v) is 11.2. The van der Waals surface area contributed by atoms with Crippen molar-refractivity contribution in [2.45, 2.75) is 73.5 Å². The number of amides is 5. The monoisotopic (exact) mass is 967 g/mol. The third-order valence-corrected chi connectivity index (χ3v) is 15.2. The first-order valence-electron chi connectivity index (χ1n) is 19.0. The standard InChI is InChI=1S/C23H30N12O8S2.C10H12N4O5S/c1-23(2,20(40)41)43-31-11(15-30-21(26)45-32-15)16(36)29-12-17(37)35-13(19(38)39)9(8-44-18(12)35)6-34-7-10(14(25)33(34)3)28-22(42)27-5-4-24;1-10(5-13-3-2-11-12-13)8(9(16)17)14-6(15)4-7(14)20(10,18)19/h7,12,18,25H,4-6,8,24H2,1-3H3,(H7,26,27,28,29,30,32,36,38,39,40,41,42);2-3,7-8H,4-5H2,1H3,(H,16,17)/p+1/b31-11-;/t12-,18-;7-,8+,10+/m11/s1. The summed E-state index contributed by atoms with van der Waals surface area (Å²) in [5.74, 6) is -6.06. The predicted octanol–water partition coefficient (Wildman–Crippen LogP) is -4.09. The Morgan fingerprint density at radius 1 is 1.15 bits per heavy atom. The second-order valence-electron chi connectivity index (χ2n) is 15.3. The summed E-state index contributed by atoms with van der Waals surface area (Å²) in [6.45, 7) is 4.10. The largest absolute Gasteiger partial charge is 0.480 e. The Morgan fingerprint density at radius 3 is 2.43 bits per heavy atom. The van der Waals surface area contributed by atoms with Crippen LogP contribution in [0.25, 0.3) is 0 Å². The first-order chi connectivity index (χ1) is 30.4. The number of hydrogen-bond acceptors (Lipinski definition) is 20. The van der Waals surface area contributed by atoms with Gasteiger partial charge in [0.05, 0.1) is 26.2 Å². The van der Waals surface area contributed by atoms with Crippen LogP contribution in [0.3, 0.4) is 0 Å². The molecule has 0 spiro atoms. The van der Waals surface area contributed by atoms with E-state index in [0.717, 1.165) is 21.3 Å². The van der Waals surface area contributed by atoms with E-state index in [4.69, 9.17) is 22.0 Å². The summed E-state index contributed by atoms with van der Waals surface area (Å²) in [6, 6.07) is -3.08. The molecule has 5 atom stereocenters. The number of sulfone groups is 1. The Labute approximate surface area is 375 Å². The maximum atomic E-state index is 13.3. The van der Waals surface area contributed by atoms with Crippen LogP contribution in [0.2, 0.25) is 0 Å². The summed E-state index contributed by atoms with van der Waals surface area (Å²) in [4.78, 5) is 96.4. The molecule has 3 aromatic heterocycles. The van der Waals surface area contributed by atoms with Crippen LogP contribution in [-0.4, -0.2) is 162 Å². The van der Waals surface area contributed by atoms with E-state index in [1.165, 1.54) is 60.5 Å². The molecule has 65 heavy (non-hydrogen) atoms. The van der Waals surface area contributed by atoms with Gasteiger partial charge in [-0.15, -0.1) is 26.2 Å². The van der Waals surface area contributed by atoms with E-state index in [1.54, 1.807) is 11.7 Å². The molecular formula is C33H43N16O13S3+. The van der Waals surface area contributed by atoms with E-state index in [1.807, 2.05) is 0 Å². The number of fused-ring (bicyclic) bond motifs is 2. The summed E-state index contributed by atoms with van der Waals surface area (Å²) in [5.41, 5.74) is 15.2. The lowest BCUT2D eigenvalue weighted by Gasteiger charge is -2.49. The second-order valence-corrected chi connectivity index (χ2v) is 19.8. The number of oxime groups is 1. The summed E-state index contributed by atoms with van der Waals surface area (Å²) < 4.78 is 31.7. The van der Waals surface area contributed by atoms with Crippen LogP contribution >= 0.6 is 23.3 Å². The van der Waals surface area contributed by atoms with Crippen LogP contribution in [0.15, 0.2) is 35.0 Å². The molecule has 32 heteroatoms. The molecule has 0 unspecified atom stereocenters. The van der Waals surface area contributed by atoms with E-state index in [-0.39, 0.29) is 66.5 Å². The number of anilines is 3. The fourth-order valence-electron chi connectivity index (χ4n) is 7.07.